The molecule has 6 heteroatoms. The molecule has 1 unspecified atom stereocenters. The SMILES string of the molecule is C=C(C)C(=O)OC(CC)[Si](O)(F)F. The molecule has 0 amide bonds. The Morgan fingerprint density at radius 1 is 1.69 bits per heavy atom. The van der Waals surface area contributed by atoms with Crippen molar-refractivity contribution in [3.63, 3.8) is 0 Å². The van der Waals surface area contributed by atoms with Crippen molar-refractivity contribution in [2.45, 2.75) is 26.0 Å². The molecule has 0 fully saturated rings. The Bertz CT molecular complexity index is 212. The van der Waals surface area contributed by atoms with Crippen LogP contribution < -0.4 is 0 Å². The molecule has 0 aliphatic heterocycles. The van der Waals surface area contributed by atoms with Gasteiger partial charge in [-0.2, -0.15) is 0 Å². The number of carbonyl (C=O) groups excluding carboxylic acids is 1. The molecule has 1 N–H and O–H groups in total. The van der Waals surface area contributed by atoms with E-state index in [1.54, 1.807) is 0 Å². The number of halogens is 2. The fraction of sp³-hybridized carbons (Fsp3) is 0.571. The van der Waals surface area contributed by atoms with Crippen LogP contribution in [0.5, 0.6) is 0 Å². The maximum absolute atomic E-state index is 12.4. The smallest absolute Gasteiger partial charge is 0.454 e. The average Bonchev–Trinajstić information content (AvgIpc) is 1.96. The molecular formula is C7H12F2O3Si. The van der Waals surface area contributed by atoms with Crippen LogP contribution in [-0.4, -0.2) is 25.5 Å². The molecule has 0 rings (SSSR count). The number of rotatable bonds is 4. The molecule has 76 valence electrons. The molecular weight excluding hydrogens is 198 g/mol. The number of carbonyl (C=O) groups is 1. The molecule has 3 nitrogen and oxygen atoms in total. The third-order valence-corrected chi connectivity index (χ3v) is 2.66. The van der Waals surface area contributed by atoms with Crippen molar-refractivity contribution in [2.75, 3.05) is 0 Å². The van der Waals surface area contributed by atoms with Gasteiger partial charge >= 0.3 is 15.0 Å². The van der Waals surface area contributed by atoms with E-state index in [1.165, 1.54) is 13.8 Å². The van der Waals surface area contributed by atoms with Gasteiger partial charge in [-0.05, 0) is 13.3 Å². The first-order valence-electron chi connectivity index (χ1n) is 3.75. The third kappa shape index (κ3) is 4.14. The maximum Gasteiger partial charge on any atom is 0.617 e. The molecule has 0 bridgehead atoms. The lowest BCUT2D eigenvalue weighted by Crippen LogP contribution is -2.42. The lowest BCUT2D eigenvalue weighted by atomic mass is 10.4. The largest absolute Gasteiger partial charge is 0.617 e. The highest BCUT2D eigenvalue weighted by Gasteiger charge is 2.46. The highest BCUT2D eigenvalue weighted by molar-refractivity contribution is 6.59. The Labute approximate surface area is 76.5 Å². The van der Waals surface area contributed by atoms with E-state index in [9.17, 15) is 13.0 Å². The van der Waals surface area contributed by atoms with E-state index in [0.717, 1.165) is 0 Å². The van der Waals surface area contributed by atoms with Gasteiger partial charge in [0.15, 0.2) is 5.73 Å². The van der Waals surface area contributed by atoms with Crippen LogP contribution in [0.1, 0.15) is 20.3 Å². The van der Waals surface area contributed by atoms with Crippen LogP contribution >= 0.6 is 0 Å². The van der Waals surface area contributed by atoms with Crippen LogP contribution in [0.2, 0.25) is 0 Å². The van der Waals surface area contributed by atoms with Gasteiger partial charge in [-0.15, -0.1) is 0 Å². The number of ether oxygens (including phenoxy) is 1. The molecule has 0 saturated heterocycles. The van der Waals surface area contributed by atoms with E-state index < -0.39 is 20.7 Å². The van der Waals surface area contributed by atoms with Crippen molar-refractivity contribution in [2.24, 2.45) is 0 Å². The Morgan fingerprint density at radius 3 is 2.38 bits per heavy atom. The monoisotopic (exact) mass is 210 g/mol. The van der Waals surface area contributed by atoms with Crippen molar-refractivity contribution in [3.8, 4) is 0 Å². The molecule has 1 atom stereocenters. The Morgan fingerprint density at radius 2 is 2.15 bits per heavy atom. The zero-order chi connectivity index (χ0) is 10.6. The number of hydrogen-bond acceptors (Lipinski definition) is 3. The first kappa shape index (κ1) is 12.2. The Kier molecular flexibility index (Phi) is 4.21. The minimum atomic E-state index is -5.38. The number of esters is 1. The van der Waals surface area contributed by atoms with Crippen LogP contribution in [0.25, 0.3) is 0 Å². The van der Waals surface area contributed by atoms with E-state index in [1.807, 2.05) is 0 Å². The zero-order valence-electron chi connectivity index (χ0n) is 7.51. The highest BCUT2D eigenvalue weighted by atomic mass is 28.4. The van der Waals surface area contributed by atoms with Crippen LogP contribution in [0.4, 0.5) is 8.22 Å². The van der Waals surface area contributed by atoms with E-state index in [0.29, 0.717) is 0 Å². The summed E-state index contributed by atoms with van der Waals surface area (Å²) in [6.07, 6.45) is -0.102. The molecule has 0 aliphatic rings. The molecule has 0 aromatic heterocycles. The minimum Gasteiger partial charge on any atom is -0.454 e. The summed E-state index contributed by atoms with van der Waals surface area (Å²) in [5.74, 6) is -0.895. The van der Waals surface area contributed by atoms with Crippen molar-refractivity contribution in [1.29, 1.82) is 0 Å². The van der Waals surface area contributed by atoms with Gasteiger partial charge in [0.2, 0.25) is 0 Å². The number of hydrogen-bond donors (Lipinski definition) is 1. The second-order valence-corrected chi connectivity index (χ2v) is 4.49. The molecule has 0 radical (unpaired) electrons. The lowest BCUT2D eigenvalue weighted by molar-refractivity contribution is -0.142. The summed E-state index contributed by atoms with van der Waals surface area (Å²) in [5.41, 5.74) is -1.63. The molecule has 0 aromatic rings. The predicted octanol–water partition coefficient (Wildman–Crippen LogP) is 1.29. The van der Waals surface area contributed by atoms with Gasteiger partial charge in [-0.25, -0.2) is 13.0 Å². The minimum absolute atomic E-state index is 0.0386. The van der Waals surface area contributed by atoms with Crippen molar-refractivity contribution < 1.29 is 22.5 Å². The topological polar surface area (TPSA) is 46.5 Å². The van der Waals surface area contributed by atoms with Crippen LogP contribution in [0.15, 0.2) is 12.2 Å². The van der Waals surface area contributed by atoms with E-state index in [-0.39, 0.29) is 12.0 Å². The van der Waals surface area contributed by atoms with Crippen LogP contribution in [0.3, 0.4) is 0 Å². The first-order chi connectivity index (χ1) is 5.79. The fourth-order valence-corrected chi connectivity index (χ4v) is 1.37. The molecule has 0 aliphatic carbocycles. The van der Waals surface area contributed by atoms with E-state index in [2.05, 4.69) is 11.3 Å². The van der Waals surface area contributed by atoms with Crippen LogP contribution in [0, 0.1) is 0 Å². The lowest BCUT2D eigenvalue weighted by Gasteiger charge is -2.17. The van der Waals surface area contributed by atoms with Gasteiger partial charge in [0, 0.05) is 5.57 Å². The summed E-state index contributed by atoms with van der Waals surface area (Å²) in [4.78, 5) is 19.2. The Balaban J connectivity index is 4.31. The van der Waals surface area contributed by atoms with Crippen molar-refractivity contribution >= 4 is 15.0 Å². The highest BCUT2D eigenvalue weighted by Crippen LogP contribution is 2.16. The summed E-state index contributed by atoms with van der Waals surface area (Å²) < 4.78 is 29.1. The van der Waals surface area contributed by atoms with E-state index in [4.69, 9.17) is 4.80 Å². The Hall–Kier alpha value is -0.753. The standard InChI is InChI=1S/C7H12F2O3Si/c1-4-6(13(8,9)11)12-7(10)5(2)3/h6,11H,2,4H2,1,3H3. The van der Waals surface area contributed by atoms with Gasteiger partial charge in [0.25, 0.3) is 0 Å². The summed E-state index contributed by atoms with van der Waals surface area (Å²) >= 11 is 0. The molecule has 0 spiro atoms. The second-order valence-electron chi connectivity index (χ2n) is 2.67. The fourth-order valence-electron chi connectivity index (χ4n) is 0.630. The van der Waals surface area contributed by atoms with Crippen molar-refractivity contribution in [3.05, 3.63) is 12.2 Å². The first-order valence-corrected chi connectivity index (χ1v) is 5.53. The van der Waals surface area contributed by atoms with Gasteiger partial charge in [-0.3, -0.25) is 0 Å². The quantitative estimate of drug-likeness (QED) is 0.329. The van der Waals surface area contributed by atoms with Crippen LogP contribution in [-0.2, 0) is 9.53 Å². The summed E-state index contributed by atoms with van der Waals surface area (Å²) in [6, 6.07) is 0. The second kappa shape index (κ2) is 4.47. The zero-order valence-corrected chi connectivity index (χ0v) is 8.51. The van der Waals surface area contributed by atoms with Gasteiger partial charge < -0.3 is 9.53 Å². The van der Waals surface area contributed by atoms with Gasteiger partial charge in [0.1, 0.15) is 0 Å². The molecule has 0 saturated carbocycles. The molecule has 13 heavy (non-hydrogen) atoms. The normalized spacial score (nSPS) is 13.6. The third-order valence-electron chi connectivity index (χ3n) is 1.36. The maximum atomic E-state index is 12.4. The summed E-state index contributed by atoms with van der Waals surface area (Å²) in [6.45, 7) is 6.00. The van der Waals surface area contributed by atoms with Gasteiger partial charge in [0.05, 0.1) is 0 Å². The van der Waals surface area contributed by atoms with E-state index >= 15 is 0 Å². The van der Waals surface area contributed by atoms with Crippen molar-refractivity contribution in [1.82, 2.24) is 0 Å². The molecule has 0 heterocycles. The predicted molar refractivity (Wildman–Crippen MR) is 45.2 cm³/mol. The average molecular weight is 210 g/mol. The van der Waals surface area contributed by atoms with Gasteiger partial charge in [-0.1, -0.05) is 13.5 Å². The summed E-state index contributed by atoms with van der Waals surface area (Å²) in [7, 11) is -5.38. The molecule has 0 aromatic carbocycles. The summed E-state index contributed by atoms with van der Waals surface area (Å²) in [5, 5.41) is 0.